The Morgan fingerprint density at radius 1 is 1.17 bits per heavy atom. The van der Waals surface area contributed by atoms with E-state index in [1.54, 1.807) is 0 Å². The van der Waals surface area contributed by atoms with Gasteiger partial charge in [0.2, 0.25) is 5.91 Å². The maximum Gasteiger partial charge on any atom is 0.254 e. The summed E-state index contributed by atoms with van der Waals surface area (Å²) >= 11 is 0. The van der Waals surface area contributed by atoms with E-state index < -0.39 is 11.7 Å². The largest absolute Gasteiger partial charge is 0.363 e. The maximum atomic E-state index is 13.0. The summed E-state index contributed by atoms with van der Waals surface area (Å²) in [5.41, 5.74) is 0.324. The smallest absolute Gasteiger partial charge is 0.254 e. The second kappa shape index (κ2) is 8.21. The molecule has 1 heterocycles. The fourth-order valence-electron chi connectivity index (χ4n) is 1.98. The van der Waals surface area contributed by atoms with E-state index in [0.717, 1.165) is 0 Å². The first-order valence-electron chi connectivity index (χ1n) is 7.35. The van der Waals surface area contributed by atoms with Crippen LogP contribution < -0.4 is 5.32 Å². The molecule has 0 fully saturated rings. The van der Waals surface area contributed by atoms with Crippen LogP contribution in [0.2, 0.25) is 0 Å². The van der Waals surface area contributed by atoms with Gasteiger partial charge in [0.05, 0.1) is 0 Å². The average molecular weight is 334 g/mol. The molecular weight excluding hydrogens is 315 g/mol. The molecule has 0 aliphatic heterocycles. The quantitative estimate of drug-likeness (QED) is 0.829. The normalized spacial score (nSPS) is 10.7. The number of hydrogen-bond donors (Lipinski definition) is 1. The van der Waals surface area contributed by atoms with Gasteiger partial charge < -0.3 is 19.6 Å². The van der Waals surface area contributed by atoms with Crippen molar-refractivity contribution in [2.75, 3.05) is 39.0 Å². The second-order valence-electron chi connectivity index (χ2n) is 5.47. The van der Waals surface area contributed by atoms with Gasteiger partial charge in [0.1, 0.15) is 18.6 Å². The summed E-state index contributed by atoms with van der Waals surface area (Å²) in [5.74, 6) is -0.873. The summed E-state index contributed by atoms with van der Waals surface area (Å²) in [6.45, 7) is 0.802. The van der Waals surface area contributed by atoms with Crippen LogP contribution in [0.3, 0.4) is 0 Å². The van der Waals surface area contributed by atoms with Gasteiger partial charge in [-0.25, -0.2) is 4.39 Å². The molecule has 2 rings (SSSR count). The number of halogens is 1. The van der Waals surface area contributed by atoms with Crippen molar-refractivity contribution in [1.29, 1.82) is 0 Å². The van der Waals surface area contributed by atoms with E-state index in [9.17, 15) is 14.0 Å². The van der Waals surface area contributed by atoms with Gasteiger partial charge in [0.25, 0.3) is 5.91 Å². The fraction of sp³-hybridized carbons (Fsp3) is 0.312. The molecule has 2 aromatic rings. The van der Waals surface area contributed by atoms with Crippen molar-refractivity contribution >= 4 is 17.6 Å². The van der Waals surface area contributed by atoms with Crippen molar-refractivity contribution in [3.8, 4) is 0 Å². The number of carbonyl (C=O) groups is 2. The van der Waals surface area contributed by atoms with Crippen LogP contribution in [0.15, 0.2) is 41.1 Å². The highest BCUT2D eigenvalue weighted by molar-refractivity contribution is 5.99. The van der Waals surface area contributed by atoms with Gasteiger partial charge in [-0.05, 0) is 38.4 Å². The maximum absolute atomic E-state index is 13.0. The predicted molar refractivity (Wildman–Crippen MR) is 86.0 cm³/mol. The Labute approximate surface area is 139 Å². The molecule has 2 amide bonds. The predicted octanol–water partition coefficient (Wildman–Crippen LogP) is 1.46. The molecule has 7 nitrogen and oxygen atoms in total. The van der Waals surface area contributed by atoms with Crippen LogP contribution in [-0.4, -0.2) is 60.5 Å². The molecule has 0 aliphatic carbocycles. The van der Waals surface area contributed by atoms with E-state index in [1.807, 2.05) is 19.0 Å². The Balaban J connectivity index is 2.06. The molecule has 24 heavy (non-hydrogen) atoms. The van der Waals surface area contributed by atoms with E-state index in [0.29, 0.717) is 18.7 Å². The number of rotatable bonds is 7. The number of aromatic nitrogens is 1. The molecule has 0 saturated carbocycles. The van der Waals surface area contributed by atoms with Gasteiger partial charge in [-0.1, -0.05) is 5.16 Å². The summed E-state index contributed by atoms with van der Waals surface area (Å²) in [6.07, 6.45) is 1.34. The molecule has 8 heteroatoms. The van der Waals surface area contributed by atoms with Crippen LogP contribution in [0.25, 0.3) is 0 Å². The van der Waals surface area contributed by atoms with Gasteiger partial charge in [-0.3, -0.25) is 9.59 Å². The number of hydrogen-bond acceptors (Lipinski definition) is 5. The fourth-order valence-corrected chi connectivity index (χ4v) is 1.98. The third-order valence-corrected chi connectivity index (χ3v) is 3.24. The van der Waals surface area contributed by atoms with Crippen LogP contribution in [0.1, 0.15) is 10.4 Å². The summed E-state index contributed by atoms with van der Waals surface area (Å²) in [6, 6.07) is 6.73. The molecule has 128 valence electrons. The minimum atomic E-state index is -0.421. The highest BCUT2D eigenvalue weighted by atomic mass is 19.1. The van der Waals surface area contributed by atoms with Crippen molar-refractivity contribution in [2.45, 2.75) is 0 Å². The second-order valence-corrected chi connectivity index (χ2v) is 5.47. The third kappa shape index (κ3) is 5.17. The lowest BCUT2D eigenvalue weighted by Gasteiger charge is -2.23. The summed E-state index contributed by atoms with van der Waals surface area (Å²) < 4.78 is 17.7. The van der Waals surface area contributed by atoms with Crippen molar-refractivity contribution in [3.05, 3.63) is 48.0 Å². The van der Waals surface area contributed by atoms with Crippen LogP contribution >= 0.6 is 0 Å². The van der Waals surface area contributed by atoms with Gasteiger partial charge in [0, 0.05) is 24.7 Å². The van der Waals surface area contributed by atoms with Crippen molar-refractivity contribution in [1.82, 2.24) is 15.0 Å². The average Bonchev–Trinajstić information content (AvgIpc) is 3.04. The lowest BCUT2D eigenvalue weighted by Crippen LogP contribution is -2.41. The lowest BCUT2D eigenvalue weighted by molar-refractivity contribution is -0.117. The molecule has 0 spiro atoms. The van der Waals surface area contributed by atoms with Crippen molar-refractivity contribution in [3.63, 3.8) is 0 Å². The Bertz CT molecular complexity index is 671. The van der Waals surface area contributed by atoms with Crippen molar-refractivity contribution in [2.24, 2.45) is 0 Å². The number of nitrogens with zero attached hydrogens (tertiary/aromatic N) is 3. The molecule has 0 aliphatic rings. The lowest BCUT2D eigenvalue weighted by atomic mass is 10.2. The van der Waals surface area contributed by atoms with Gasteiger partial charge in [-0.2, -0.15) is 0 Å². The van der Waals surface area contributed by atoms with E-state index in [2.05, 4.69) is 15.0 Å². The zero-order valence-corrected chi connectivity index (χ0v) is 13.5. The number of anilines is 1. The van der Waals surface area contributed by atoms with Crippen LogP contribution in [0.4, 0.5) is 10.2 Å². The van der Waals surface area contributed by atoms with Crippen molar-refractivity contribution < 1.29 is 18.5 Å². The SMILES string of the molecule is CN(C)CCN(CC(=O)Nc1ccon1)C(=O)c1ccc(F)cc1. The van der Waals surface area contributed by atoms with E-state index in [1.165, 1.54) is 41.5 Å². The van der Waals surface area contributed by atoms with E-state index in [-0.39, 0.29) is 18.3 Å². The minimum absolute atomic E-state index is 0.142. The topological polar surface area (TPSA) is 78.7 Å². The zero-order chi connectivity index (χ0) is 17.5. The van der Waals surface area contributed by atoms with Crippen LogP contribution in [0.5, 0.6) is 0 Å². The molecule has 0 atom stereocenters. The summed E-state index contributed by atoms with van der Waals surface area (Å²) in [7, 11) is 3.74. The number of benzene rings is 1. The standard InChI is InChI=1S/C16H19FN4O3/c1-20(2)8-9-21(11-15(22)18-14-7-10-24-19-14)16(23)12-3-5-13(17)6-4-12/h3-7,10H,8-9,11H2,1-2H3,(H,18,19,22). The number of likely N-dealkylation sites (N-methyl/N-ethyl adjacent to an activating group) is 1. The Morgan fingerprint density at radius 3 is 2.46 bits per heavy atom. The number of carbonyl (C=O) groups excluding carboxylic acids is 2. The molecular formula is C16H19FN4O3. The highest BCUT2D eigenvalue weighted by Gasteiger charge is 2.19. The molecule has 1 aromatic heterocycles. The van der Waals surface area contributed by atoms with E-state index in [4.69, 9.17) is 0 Å². The Hall–Kier alpha value is -2.74. The molecule has 1 aromatic carbocycles. The number of amides is 2. The molecule has 0 bridgehead atoms. The monoisotopic (exact) mass is 334 g/mol. The Kier molecular flexibility index (Phi) is 6.02. The molecule has 0 radical (unpaired) electrons. The molecule has 0 saturated heterocycles. The number of nitrogens with one attached hydrogen (secondary N) is 1. The third-order valence-electron chi connectivity index (χ3n) is 3.24. The zero-order valence-electron chi connectivity index (χ0n) is 13.5. The highest BCUT2D eigenvalue weighted by Crippen LogP contribution is 2.08. The minimum Gasteiger partial charge on any atom is -0.363 e. The van der Waals surface area contributed by atoms with E-state index >= 15 is 0 Å². The summed E-state index contributed by atoms with van der Waals surface area (Å²) in [4.78, 5) is 28.0. The first-order valence-corrected chi connectivity index (χ1v) is 7.35. The molecule has 1 N–H and O–H groups in total. The van der Waals surface area contributed by atoms with Gasteiger partial charge in [-0.15, -0.1) is 0 Å². The van der Waals surface area contributed by atoms with Gasteiger partial charge in [0.15, 0.2) is 5.82 Å². The van der Waals surface area contributed by atoms with Crippen LogP contribution in [0, 0.1) is 5.82 Å². The first kappa shape index (κ1) is 17.6. The van der Waals surface area contributed by atoms with Gasteiger partial charge >= 0.3 is 0 Å². The Morgan fingerprint density at radius 2 is 1.88 bits per heavy atom. The summed E-state index contributed by atoms with van der Waals surface area (Å²) in [5, 5.41) is 6.13. The molecule has 0 unspecified atom stereocenters. The first-order chi connectivity index (χ1) is 11.5. The van der Waals surface area contributed by atoms with Crippen LogP contribution in [-0.2, 0) is 4.79 Å².